The second-order valence-corrected chi connectivity index (χ2v) is 4.79. The largest absolute Gasteiger partial charge is 0.305 e. The molecule has 0 atom stereocenters. The van der Waals surface area contributed by atoms with E-state index >= 15 is 0 Å². The molecule has 15 heavy (non-hydrogen) atoms. The number of hydrogen-bond donors (Lipinski definition) is 1. The Labute approximate surface area is 98.5 Å². The van der Waals surface area contributed by atoms with Gasteiger partial charge in [0.2, 0.25) is 0 Å². The van der Waals surface area contributed by atoms with E-state index in [2.05, 4.69) is 31.2 Å². The van der Waals surface area contributed by atoms with Gasteiger partial charge in [0.05, 0.1) is 0 Å². The summed E-state index contributed by atoms with van der Waals surface area (Å²) >= 11 is 4.57. The first kappa shape index (κ1) is 10.3. The molecule has 0 saturated carbocycles. The molecule has 76 valence electrons. The fraction of sp³-hybridized carbons (Fsp3) is 0. The summed E-state index contributed by atoms with van der Waals surface area (Å²) in [6.45, 7) is 0. The first-order chi connectivity index (χ1) is 7.25. The van der Waals surface area contributed by atoms with Gasteiger partial charge in [-0.1, -0.05) is 6.07 Å². The summed E-state index contributed by atoms with van der Waals surface area (Å²) in [6, 6.07) is 5.31. The third-order valence-corrected chi connectivity index (χ3v) is 2.98. The van der Waals surface area contributed by atoms with Gasteiger partial charge in [-0.15, -0.1) is 11.3 Å². The number of rotatable bonds is 2. The van der Waals surface area contributed by atoms with Crippen LogP contribution in [0.25, 0.3) is 0 Å². The van der Waals surface area contributed by atoms with Gasteiger partial charge in [-0.25, -0.2) is 9.97 Å². The number of halogens is 1. The highest BCUT2D eigenvalue weighted by molar-refractivity contribution is 9.11. The van der Waals surface area contributed by atoms with Gasteiger partial charge in [0.25, 0.3) is 5.91 Å². The van der Waals surface area contributed by atoms with E-state index < -0.39 is 0 Å². The quantitative estimate of drug-likeness (QED) is 0.922. The molecule has 6 heteroatoms. The Morgan fingerprint density at radius 3 is 2.93 bits per heavy atom. The van der Waals surface area contributed by atoms with E-state index in [1.54, 1.807) is 29.8 Å². The van der Waals surface area contributed by atoms with E-state index in [-0.39, 0.29) is 5.91 Å². The maximum Gasteiger partial charge on any atom is 0.276 e. The number of carbonyl (C=O) groups is 1. The minimum atomic E-state index is -0.254. The van der Waals surface area contributed by atoms with E-state index in [0.29, 0.717) is 15.4 Å². The Kier molecular flexibility index (Phi) is 3.08. The number of aromatic nitrogens is 2. The fourth-order valence-corrected chi connectivity index (χ4v) is 1.96. The van der Waals surface area contributed by atoms with Crippen molar-refractivity contribution in [3.8, 4) is 0 Å². The van der Waals surface area contributed by atoms with Crippen molar-refractivity contribution in [2.75, 3.05) is 5.32 Å². The first-order valence-electron chi connectivity index (χ1n) is 4.09. The first-order valence-corrected chi connectivity index (χ1v) is 5.76. The van der Waals surface area contributed by atoms with Crippen molar-refractivity contribution >= 4 is 39.0 Å². The average Bonchev–Trinajstić information content (AvgIpc) is 2.66. The second kappa shape index (κ2) is 4.50. The van der Waals surface area contributed by atoms with Crippen molar-refractivity contribution in [1.82, 2.24) is 9.97 Å². The fourth-order valence-electron chi connectivity index (χ4n) is 0.973. The Hall–Kier alpha value is -1.27. The number of nitrogens with one attached hydrogen (secondary N) is 1. The van der Waals surface area contributed by atoms with Crippen molar-refractivity contribution in [2.45, 2.75) is 0 Å². The van der Waals surface area contributed by atoms with Gasteiger partial charge in [0, 0.05) is 11.6 Å². The lowest BCUT2D eigenvalue weighted by Gasteiger charge is -2.00. The van der Waals surface area contributed by atoms with Crippen LogP contribution in [-0.4, -0.2) is 15.9 Å². The molecular weight excluding hydrogens is 278 g/mol. The Morgan fingerprint density at radius 1 is 1.47 bits per heavy atom. The predicted molar refractivity (Wildman–Crippen MR) is 62.0 cm³/mol. The molecule has 2 rings (SSSR count). The third-order valence-electron chi connectivity index (χ3n) is 1.62. The standard InChI is InChI=1S/C9H6BrN3OS/c10-9-12-6(5-15-9)8(14)13-7-3-1-2-4-11-7/h1-5H,(H,11,13,14). The summed E-state index contributed by atoms with van der Waals surface area (Å²) in [4.78, 5) is 19.6. The number of hydrogen-bond acceptors (Lipinski definition) is 4. The summed E-state index contributed by atoms with van der Waals surface area (Å²) in [5, 5.41) is 4.33. The van der Waals surface area contributed by atoms with E-state index in [4.69, 9.17) is 0 Å². The maximum absolute atomic E-state index is 11.6. The van der Waals surface area contributed by atoms with Crippen LogP contribution in [0, 0.1) is 0 Å². The molecule has 0 spiro atoms. The third kappa shape index (κ3) is 2.60. The molecule has 2 aromatic rings. The molecule has 0 fully saturated rings. The molecule has 0 aliphatic heterocycles. The topological polar surface area (TPSA) is 54.9 Å². The predicted octanol–water partition coefficient (Wildman–Crippen LogP) is 2.55. The van der Waals surface area contributed by atoms with Gasteiger partial charge < -0.3 is 5.32 Å². The van der Waals surface area contributed by atoms with E-state index in [9.17, 15) is 4.79 Å². The Morgan fingerprint density at radius 2 is 2.33 bits per heavy atom. The number of pyridine rings is 1. The van der Waals surface area contributed by atoms with Gasteiger partial charge >= 0.3 is 0 Å². The van der Waals surface area contributed by atoms with Crippen LogP contribution < -0.4 is 5.32 Å². The van der Waals surface area contributed by atoms with Crippen molar-refractivity contribution in [3.63, 3.8) is 0 Å². The molecule has 0 aliphatic rings. The van der Waals surface area contributed by atoms with Crippen LogP contribution in [0.15, 0.2) is 33.7 Å². The highest BCUT2D eigenvalue weighted by atomic mass is 79.9. The number of nitrogens with zero attached hydrogens (tertiary/aromatic N) is 2. The summed E-state index contributed by atoms with van der Waals surface area (Å²) < 4.78 is 0.689. The van der Waals surface area contributed by atoms with Crippen LogP contribution in [0.1, 0.15) is 10.5 Å². The van der Waals surface area contributed by atoms with Crippen LogP contribution in [0.3, 0.4) is 0 Å². The normalized spacial score (nSPS) is 9.93. The molecule has 2 heterocycles. The molecule has 0 aliphatic carbocycles. The zero-order chi connectivity index (χ0) is 10.7. The minimum absolute atomic E-state index is 0.254. The second-order valence-electron chi connectivity index (χ2n) is 2.65. The monoisotopic (exact) mass is 283 g/mol. The molecule has 2 aromatic heterocycles. The Balaban J connectivity index is 2.11. The SMILES string of the molecule is O=C(Nc1ccccn1)c1csc(Br)n1. The molecule has 0 radical (unpaired) electrons. The summed E-state index contributed by atoms with van der Waals surface area (Å²) in [6.07, 6.45) is 1.62. The van der Waals surface area contributed by atoms with Gasteiger partial charge in [-0.05, 0) is 28.1 Å². The minimum Gasteiger partial charge on any atom is -0.305 e. The summed E-state index contributed by atoms with van der Waals surface area (Å²) in [7, 11) is 0. The Bertz CT molecular complexity index is 471. The van der Waals surface area contributed by atoms with Crippen LogP contribution in [0.2, 0.25) is 0 Å². The van der Waals surface area contributed by atoms with Crippen molar-refractivity contribution in [1.29, 1.82) is 0 Å². The van der Waals surface area contributed by atoms with Gasteiger partial charge in [-0.2, -0.15) is 0 Å². The number of carbonyl (C=O) groups excluding carboxylic acids is 1. The zero-order valence-corrected chi connectivity index (χ0v) is 9.88. The highest BCUT2D eigenvalue weighted by Crippen LogP contribution is 2.16. The average molecular weight is 284 g/mol. The smallest absolute Gasteiger partial charge is 0.276 e. The summed E-state index contributed by atoms with van der Waals surface area (Å²) in [5.74, 6) is 0.266. The van der Waals surface area contributed by atoms with E-state index in [1.807, 2.05) is 0 Å². The van der Waals surface area contributed by atoms with Crippen LogP contribution in [0.4, 0.5) is 5.82 Å². The lowest BCUT2D eigenvalue weighted by Crippen LogP contribution is -2.12. The molecule has 4 nitrogen and oxygen atoms in total. The highest BCUT2D eigenvalue weighted by Gasteiger charge is 2.09. The molecule has 1 N–H and O–H groups in total. The zero-order valence-electron chi connectivity index (χ0n) is 7.48. The van der Waals surface area contributed by atoms with Crippen LogP contribution in [0.5, 0.6) is 0 Å². The molecule has 0 aromatic carbocycles. The van der Waals surface area contributed by atoms with Gasteiger partial charge in [0.1, 0.15) is 11.5 Å². The molecule has 0 saturated heterocycles. The summed E-state index contributed by atoms with van der Waals surface area (Å²) in [5.41, 5.74) is 0.387. The number of amides is 1. The lowest BCUT2D eigenvalue weighted by molar-refractivity contribution is 0.102. The lowest BCUT2D eigenvalue weighted by atomic mass is 10.4. The number of thiazole rings is 1. The van der Waals surface area contributed by atoms with E-state index in [1.165, 1.54) is 11.3 Å². The van der Waals surface area contributed by atoms with Crippen molar-refractivity contribution in [2.24, 2.45) is 0 Å². The molecule has 1 amide bonds. The van der Waals surface area contributed by atoms with Gasteiger partial charge in [-0.3, -0.25) is 4.79 Å². The van der Waals surface area contributed by atoms with Gasteiger partial charge in [0.15, 0.2) is 3.92 Å². The van der Waals surface area contributed by atoms with Crippen molar-refractivity contribution in [3.05, 3.63) is 39.4 Å². The van der Waals surface area contributed by atoms with Crippen LogP contribution >= 0.6 is 27.3 Å². The number of anilines is 1. The van der Waals surface area contributed by atoms with E-state index in [0.717, 1.165) is 0 Å². The maximum atomic E-state index is 11.6. The molecule has 0 bridgehead atoms. The van der Waals surface area contributed by atoms with Crippen LogP contribution in [-0.2, 0) is 0 Å². The molecule has 0 unspecified atom stereocenters. The van der Waals surface area contributed by atoms with Crippen molar-refractivity contribution < 1.29 is 4.79 Å². The molecular formula is C9H6BrN3OS.